The Labute approximate surface area is 120 Å². The van der Waals surface area contributed by atoms with Crippen LogP contribution in [0.1, 0.15) is 20.8 Å². The molecule has 0 aromatic carbocycles. The van der Waals surface area contributed by atoms with Gasteiger partial charge in [-0.15, -0.1) is 0 Å². The van der Waals surface area contributed by atoms with E-state index >= 15 is 0 Å². The number of aromatic amines is 1. The van der Waals surface area contributed by atoms with Crippen LogP contribution in [0.25, 0.3) is 22.3 Å². The van der Waals surface area contributed by atoms with Crippen molar-refractivity contribution in [3.8, 4) is 11.3 Å². The average Bonchev–Trinajstić information content (AvgIpc) is 3.07. The molecule has 0 aliphatic heterocycles. The lowest BCUT2D eigenvalue weighted by atomic mass is 9.98. The van der Waals surface area contributed by atoms with Crippen molar-refractivity contribution in [2.45, 2.75) is 20.8 Å². The Morgan fingerprint density at radius 1 is 1.33 bits per heavy atom. The van der Waals surface area contributed by atoms with Gasteiger partial charge in [0.1, 0.15) is 6.33 Å². The second-order valence-electron chi connectivity index (χ2n) is 5.72. The number of H-pyrrole nitrogens is 1. The van der Waals surface area contributed by atoms with Crippen LogP contribution in [0.4, 0.5) is 0 Å². The molecule has 108 valence electrons. The van der Waals surface area contributed by atoms with Crippen LogP contribution in [0.3, 0.4) is 0 Å². The monoisotopic (exact) mass is 285 g/mol. The summed E-state index contributed by atoms with van der Waals surface area (Å²) in [6.07, 6.45) is 6.53. The summed E-state index contributed by atoms with van der Waals surface area (Å²) < 4.78 is 1.37. The average molecular weight is 285 g/mol. The van der Waals surface area contributed by atoms with Gasteiger partial charge in [-0.3, -0.25) is 5.10 Å². The Balaban J connectivity index is 2.04. The third kappa shape index (κ3) is 2.37. The van der Waals surface area contributed by atoms with Gasteiger partial charge in [0.05, 0.1) is 17.3 Å². The number of rotatable bonds is 2. The Bertz CT molecular complexity index is 783. The highest BCUT2D eigenvalue weighted by Crippen LogP contribution is 2.25. The predicted molar refractivity (Wildman–Crippen MR) is 76.2 cm³/mol. The molecule has 1 N–H and O–H groups in total. The molecule has 3 rings (SSSR count). The Kier molecular flexibility index (Phi) is 2.97. The van der Waals surface area contributed by atoms with Crippen LogP contribution in [-0.2, 0) is 4.79 Å². The molecular formula is C14H15N5O2. The fraction of sp³-hybridized carbons (Fsp3) is 0.286. The van der Waals surface area contributed by atoms with Crippen molar-refractivity contribution in [1.29, 1.82) is 0 Å². The molecule has 0 saturated heterocycles. The van der Waals surface area contributed by atoms with E-state index in [-0.39, 0.29) is 5.97 Å². The second kappa shape index (κ2) is 4.69. The molecule has 0 unspecified atom stereocenters. The predicted octanol–water partition coefficient (Wildman–Crippen LogP) is 1.82. The molecule has 7 nitrogen and oxygen atoms in total. The van der Waals surface area contributed by atoms with Gasteiger partial charge >= 0.3 is 5.97 Å². The van der Waals surface area contributed by atoms with Crippen molar-refractivity contribution in [3.05, 3.63) is 31.0 Å². The van der Waals surface area contributed by atoms with E-state index < -0.39 is 5.41 Å². The molecule has 3 aromatic rings. The summed E-state index contributed by atoms with van der Waals surface area (Å²) in [6.45, 7) is 5.40. The summed E-state index contributed by atoms with van der Waals surface area (Å²) in [7, 11) is 0. The van der Waals surface area contributed by atoms with Crippen molar-refractivity contribution >= 4 is 17.0 Å². The maximum atomic E-state index is 12.0. The van der Waals surface area contributed by atoms with Crippen molar-refractivity contribution in [3.63, 3.8) is 0 Å². The highest BCUT2D eigenvalue weighted by atomic mass is 16.7. The third-order valence-corrected chi connectivity index (χ3v) is 3.01. The quantitative estimate of drug-likeness (QED) is 0.776. The number of fused-ring (bicyclic) bond motifs is 1. The standard InChI is InChI=1S/C14H15N5O2/c1-14(2,3)13(20)21-19-5-4-10-11(9-6-17-18-7-9)15-8-16-12(10)19/h4-8H,1-3H3,(H,17,18). The fourth-order valence-electron chi connectivity index (χ4n) is 1.84. The molecule has 0 radical (unpaired) electrons. The first-order valence-corrected chi connectivity index (χ1v) is 6.51. The maximum absolute atomic E-state index is 12.0. The lowest BCUT2D eigenvalue weighted by Crippen LogP contribution is -2.31. The molecule has 3 aromatic heterocycles. The number of nitrogens with zero attached hydrogens (tertiary/aromatic N) is 4. The molecule has 0 aliphatic rings. The van der Waals surface area contributed by atoms with Gasteiger partial charge in [-0.25, -0.2) is 14.8 Å². The summed E-state index contributed by atoms with van der Waals surface area (Å²) in [5.74, 6) is -0.330. The highest BCUT2D eigenvalue weighted by molar-refractivity contribution is 5.90. The van der Waals surface area contributed by atoms with Crippen LogP contribution in [0.2, 0.25) is 0 Å². The van der Waals surface area contributed by atoms with Crippen molar-refractivity contribution in [1.82, 2.24) is 24.9 Å². The number of nitrogens with one attached hydrogen (secondary N) is 1. The van der Waals surface area contributed by atoms with E-state index in [9.17, 15) is 4.79 Å². The minimum Gasteiger partial charge on any atom is -0.334 e. The summed E-state index contributed by atoms with van der Waals surface area (Å²) in [5, 5.41) is 7.46. The van der Waals surface area contributed by atoms with E-state index in [1.807, 2.05) is 6.07 Å². The number of carbonyl (C=O) groups is 1. The molecule has 0 spiro atoms. The van der Waals surface area contributed by atoms with Gasteiger partial charge < -0.3 is 4.84 Å². The zero-order valence-electron chi connectivity index (χ0n) is 12.0. The lowest BCUT2D eigenvalue weighted by molar-refractivity contribution is -0.152. The zero-order valence-corrected chi connectivity index (χ0v) is 12.0. The van der Waals surface area contributed by atoms with E-state index in [1.165, 1.54) is 11.1 Å². The van der Waals surface area contributed by atoms with E-state index in [4.69, 9.17) is 4.84 Å². The van der Waals surface area contributed by atoms with Gasteiger partial charge in [-0.05, 0) is 26.8 Å². The Hall–Kier alpha value is -2.70. The van der Waals surface area contributed by atoms with Crippen LogP contribution < -0.4 is 4.84 Å². The van der Waals surface area contributed by atoms with Crippen molar-refractivity contribution in [2.75, 3.05) is 0 Å². The summed E-state index contributed by atoms with van der Waals surface area (Å²) >= 11 is 0. The molecule has 3 heterocycles. The van der Waals surface area contributed by atoms with Gasteiger partial charge in [0, 0.05) is 23.3 Å². The number of hydrogen-bond acceptors (Lipinski definition) is 5. The van der Waals surface area contributed by atoms with E-state index in [1.54, 1.807) is 39.4 Å². The van der Waals surface area contributed by atoms with Crippen molar-refractivity contribution in [2.24, 2.45) is 5.41 Å². The minimum absolute atomic E-state index is 0.330. The van der Waals surface area contributed by atoms with Gasteiger partial charge in [-0.1, -0.05) is 0 Å². The minimum atomic E-state index is -0.586. The van der Waals surface area contributed by atoms with Crippen LogP contribution >= 0.6 is 0 Å². The first-order valence-electron chi connectivity index (χ1n) is 6.51. The molecule has 0 saturated carbocycles. The number of aromatic nitrogens is 5. The van der Waals surface area contributed by atoms with Gasteiger partial charge in [-0.2, -0.15) is 9.83 Å². The highest BCUT2D eigenvalue weighted by Gasteiger charge is 2.25. The lowest BCUT2D eigenvalue weighted by Gasteiger charge is -2.16. The summed E-state index contributed by atoms with van der Waals surface area (Å²) in [4.78, 5) is 25.8. The summed E-state index contributed by atoms with van der Waals surface area (Å²) in [5.41, 5.74) is 1.54. The van der Waals surface area contributed by atoms with E-state index in [0.29, 0.717) is 5.65 Å². The molecule has 0 aliphatic carbocycles. The van der Waals surface area contributed by atoms with Gasteiger partial charge in [0.25, 0.3) is 0 Å². The zero-order chi connectivity index (χ0) is 15.0. The molecule has 0 atom stereocenters. The van der Waals surface area contributed by atoms with Gasteiger partial charge in [0.2, 0.25) is 0 Å². The molecule has 0 fully saturated rings. The first kappa shape index (κ1) is 13.3. The van der Waals surface area contributed by atoms with Crippen LogP contribution in [0.5, 0.6) is 0 Å². The number of hydrogen-bond donors (Lipinski definition) is 1. The summed E-state index contributed by atoms with van der Waals surface area (Å²) in [6, 6.07) is 1.81. The van der Waals surface area contributed by atoms with E-state index in [0.717, 1.165) is 16.6 Å². The topological polar surface area (TPSA) is 85.7 Å². The van der Waals surface area contributed by atoms with Gasteiger partial charge in [0.15, 0.2) is 5.65 Å². The maximum Gasteiger partial charge on any atom is 0.338 e. The van der Waals surface area contributed by atoms with Crippen molar-refractivity contribution < 1.29 is 9.63 Å². The molecular weight excluding hydrogens is 270 g/mol. The smallest absolute Gasteiger partial charge is 0.334 e. The molecule has 7 heteroatoms. The number of carbonyl (C=O) groups excluding carboxylic acids is 1. The fourth-order valence-corrected chi connectivity index (χ4v) is 1.84. The molecule has 0 bridgehead atoms. The second-order valence-corrected chi connectivity index (χ2v) is 5.72. The Morgan fingerprint density at radius 2 is 2.14 bits per heavy atom. The third-order valence-electron chi connectivity index (χ3n) is 3.01. The van der Waals surface area contributed by atoms with Crippen LogP contribution in [0, 0.1) is 5.41 Å². The van der Waals surface area contributed by atoms with Crippen LogP contribution in [-0.4, -0.2) is 30.9 Å². The normalized spacial score (nSPS) is 11.8. The molecule has 21 heavy (non-hydrogen) atoms. The van der Waals surface area contributed by atoms with E-state index in [2.05, 4.69) is 20.2 Å². The largest absolute Gasteiger partial charge is 0.338 e. The van der Waals surface area contributed by atoms with Crippen LogP contribution in [0.15, 0.2) is 31.0 Å². The molecule has 0 amide bonds. The SMILES string of the molecule is CC(C)(C)C(=O)On1ccc2c(-c3cn[nH]c3)ncnc21. The first-order chi connectivity index (χ1) is 9.97. The Morgan fingerprint density at radius 3 is 2.81 bits per heavy atom.